The van der Waals surface area contributed by atoms with Crippen LogP contribution in [0.4, 0.5) is 9.59 Å². The molecule has 4 rings (SSSR count). The van der Waals surface area contributed by atoms with Crippen molar-refractivity contribution in [2.45, 2.75) is 76.9 Å². The SMILES string of the molecule is CC(C)(C)NC(=O)O[C@@H](CCCc1cccc(O)c1)C(=O)NCCCCCNC(=O)OCC1c2ccccc2-c2ccccc21. The minimum Gasteiger partial charge on any atom is -0.508 e. The number of phenolic OH excluding ortho intramolecular Hbond substituents is 1. The second kappa shape index (κ2) is 16.0. The van der Waals surface area contributed by atoms with Crippen LogP contribution in [0.3, 0.4) is 0 Å². The Kier molecular flexibility index (Phi) is 11.8. The average molecular weight is 616 g/mol. The third-order valence-corrected chi connectivity index (χ3v) is 7.63. The molecule has 9 heteroatoms. The minimum absolute atomic E-state index is 0.0193. The lowest BCUT2D eigenvalue weighted by Gasteiger charge is -2.23. The maximum atomic E-state index is 12.9. The van der Waals surface area contributed by atoms with Crippen LogP contribution >= 0.6 is 0 Å². The van der Waals surface area contributed by atoms with E-state index in [1.807, 2.05) is 51.1 Å². The molecule has 0 saturated carbocycles. The first-order valence-electron chi connectivity index (χ1n) is 15.7. The summed E-state index contributed by atoms with van der Waals surface area (Å²) in [5.74, 6) is -0.131. The van der Waals surface area contributed by atoms with E-state index in [4.69, 9.17) is 9.47 Å². The molecule has 0 fully saturated rings. The summed E-state index contributed by atoms with van der Waals surface area (Å²) in [6.07, 6.45) is 1.81. The van der Waals surface area contributed by atoms with Gasteiger partial charge in [-0.1, -0.05) is 60.7 Å². The van der Waals surface area contributed by atoms with Crippen molar-refractivity contribution >= 4 is 18.1 Å². The summed E-state index contributed by atoms with van der Waals surface area (Å²) >= 11 is 0. The fourth-order valence-corrected chi connectivity index (χ4v) is 5.50. The van der Waals surface area contributed by atoms with Crippen LogP contribution in [0.2, 0.25) is 0 Å². The quantitative estimate of drug-likeness (QED) is 0.155. The zero-order valence-corrected chi connectivity index (χ0v) is 26.4. The number of aryl methyl sites for hydroxylation is 1. The molecule has 1 aliphatic carbocycles. The zero-order valence-electron chi connectivity index (χ0n) is 26.4. The van der Waals surface area contributed by atoms with Gasteiger partial charge in [0.25, 0.3) is 5.91 Å². The van der Waals surface area contributed by atoms with Crippen molar-refractivity contribution in [3.8, 4) is 16.9 Å². The van der Waals surface area contributed by atoms with E-state index >= 15 is 0 Å². The van der Waals surface area contributed by atoms with Crippen molar-refractivity contribution in [3.05, 3.63) is 89.5 Å². The highest BCUT2D eigenvalue weighted by Gasteiger charge is 2.29. The van der Waals surface area contributed by atoms with Crippen molar-refractivity contribution in [2.24, 2.45) is 0 Å². The predicted octanol–water partition coefficient (Wildman–Crippen LogP) is 6.43. The molecule has 9 nitrogen and oxygen atoms in total. The molecule has 240 valence electrons. The van der Waals surface area contributed by atoms with Crippen molar-refractivity contribution in [1.29, 1.82) is 0 Å². The van der Waals surface area contributed by atoms with Crippen LogP contribution in [0.1, 0.15) is 75.5 Å². The number of carbonyl (C=O) groups excluding carboxylic acids is 3. The topological polar surface area (TPSA) is 126 Å². The summed E-state index contributed by atoms with van der Waals surface area (Å²) in [7, 11) is 0. The number of rotatable bonds is 14. The van der Waals surface area contributed by atoms with Gasteiger partial charge in [-0.05, 0) is 99.2 Å². The summed E-state index contributed by atoms with van der Waals surface area (Å²) < 4.78 is 11.1. The van der Waals surface area contributed by atoms with Crippen LogP contribution in [0, 0.1) is 0 Å². The monoisotopic (exact) mass is 615 g/mol. The van der Waals surface area contributed by atoms with Crippen molar-refractivity contribution in [3.63, 3.8) is 0 Å². The van der Waals surface area contributed by atoms with E-state index in [0.717, 1.165) is 18.4 Å². The highest BCUT2D eigenvalue weighted by atomic mass is 16.6. The van der Waals surface area contributed by atoms with Gasteiger partial charge in [0.2, 0.25) is 0 Å². The van der Waals surface area contributed by atoms with E-state index in [9.17, 15) is 19.5 Å². The highest BCUT2D eigenvalue weighted by Crippen LogP contribution is 2.44. The van der Waals surface area contributed by atoms with Gasteiger partial charge >= 0.3 is 12.2 Å². The first-order chi connectivity index (χ1) is 21.6. The number of alkyl carbamates (subject to hydrolysis) is 2. The van der Waals surface area contributed by atoms with Gasteiger partial charge in [-0.3, -0.25) is 4.79 Å². The summed E-state index contributed by atoms with van der Waals surface area (Å²) in [5.41, 5.74) is 5.18. The van der Waals surface area contributed by atoms with Crippen molar-refractivity contribution in [1.82, 2.24) is 16.0 Å². The Morgan fingerprint density at radius 2 is 1.44 bits per heavy atom. The van der Waals surface area contributed by atoms with Gasteiger partial charge in [0.15, 0.2) is 6.10 Å². The van der Waals surface area contributed by atoms with E-state index in [-0.39, 0.29) is 24.2 Å². The third kappa shape index (κ3) is 10.3. The molecule has 4 N–H and O–H groups in total. The van der Waals surface area contributed by atoms with Gasteiger partial charge in [-0.2, -0.15) is 0 Å². The molecule has 3 amide bonds. The van der Waals surface area contributed by atoms with E-state index in [1.54, 1.807) is 18.2 Å². The number of hydrogen-bond acceptors (Lipinski definition) is 6. The maximum Gasteiger partial charge on any atom is 0.408 e. The van der Waals surface area contributed by atoms with Crippen LogP contribution in [0.5, 0.6) is 5.75 Å². The molecule has 0 aliphatic heterocycles. The molecule has 0 unspecified atom stereocenters. The first-order valence-corrected chi connectivity index (χ1v) is 15.7. The number of aromatic hydroxyl groups is 1. The largest absolute Gasteiger partial charge is 0.508 e. The van der Waals surface area contributed by atoms with Crippen molar-refractivity contribution < 1.29 is 29.0 Å². The molecule has 0 spiro atoms. The lowest BCUT2D eigenvalue weighted by molar-refractivity contribution is -0.130. The molecular weight excluding hydrogens is 570 g/mol. The van der Waals surface area contributed by atoms with Gasteiger partial charge in [0.05, 0.1) is 0 Å². The number of amides is 3. The number of phenols is 1. The minimum atomic E-state index is -0.931. The molecule has 1 atom stereocenters. The standard InChI is InChI=1S/C36H45N3O6/c1-36(2,3)39-35(43)45-32(20-12-14-25-13-11-15-26(40)23-25)33(41)37-21-9-4-10-22-38-34(42)44-24-31-29-18-7-5-16-27(29)28-17-6-8-19-30(28)31/h5-8,11,13,15-19,23,31-32,40H,4,9-10,12,14,20-22,24H2,1-3H3,(H,37,41)(H,38,42)(H,39,43)/t32-/m0/s1. The Bertz CT molecular complexity index is 1400. The second-order valence-electron chi connectivity index (χ2n) is 12.4. The summed E-state index contributed by atoms with van der Waals surface area (Å²) in [6.45, 7) is 6.70. The number of benzene rings is 3. The lowest BCUT2D eigenvalue weighted by Crippen LogP contribution is -2.45. The van der Waals surface area contributed by atoms with Crippen LogP contribution < -0.4 is 16.0 Å². The number of unbranched alkanes of at least 4 members (excludes halogenated alkanes) is 2. The second-order valence-corrected chi connectivity index (χ2v) is 12.4. The molecule has 1 aliphatic rings. The fourth-order valence-electron chi connectivity index (χ4n) is 5.50. The summed E-state index contributed by atoms with van der Waals surface area (Å²) in [6, 6.07) is 23.4. The molecule has 0 saturated heterocycles. The molecule has 0 bridgehead atoms. The summed E-state index contributed by atoms with van der Waals surface area (Å²) in [4.78, 5) is 37.7. The lowest BCUT2D eigenvalue weighted by atomic mass is 9.98. The predicted molar refractivity (Wildman–Crippen MR) is 174 cm³/mol. The average Bonchev–Trinajstić information content (AvgIpc) is 3.31. The Balaban J connectivity index is 1.14. The smallest absolute Gasteiger partial charge is 0.408 e. The maximum absolute atomic E-state index is 12.9. The molecular formula is C36H45N3O6. The Labute approximate surface area is 265 Å². The molecule has 0 heterocycles. The van der Waals surface area contributed by atoms with Crippen molar-refractivity contribution in [2.75, 3.05) is 19.7 Å². The molecule has 45 heavy (non-hydrogen) atoms. The van der Waals surface area contributed by atoms with Gasteiger partial charge in [-0.25, -0.2) is 9.59 Å². The fraction of sp³-hybridized carbons (Fsp3) is 0.417. The number of hydrogen-bond donors (Lipinski definition) is 4. The normalized spacial score (nSPS) is 12.9. The van der Waals surface area contributed by atoms with E-state index < -0.39 is 23.8 Å². The third-order valence-electron chi connectivity index (χ3n) is 7.63. The molecule has 3 aromatic rings. The molecule has 3 aromatic carbocycles. The van der Waals surface area contributed by atoms with E-state index in [2.05, 4.69) is 40.2 Å². The summed E-state index contributed by atoms with van der Waals surface area (Å²) in [5, 5.41) is 18.1. The van der Waals surface area contributed by atoms with Gasteiger partial charge < -0.3 is 30.5 Å². The van der Waals surface area contributed by atoms with Crippen LogP contribution in [0.25, 0.3) is 11.1 Å². The highest BCUT2D eigenvalue weighted by molar-refractivity contribution is 5.83. The zero-order chi connectivity index (χ0) is 32.2. The molecule has 0 aromatic heterocycles. The number of carbonyl (C=O) groups is 3. The Hall–Kier alpha value is -4.53. The van der Waals surface area contributed by atoms with Gasteiger partial charge in [-0.15, -0.1) is 0 Å². The van der Waals surface area contributed by atoms with Crippen LogP contribution in [-0.4, -0.2) is 54.5 Å². The number of nitrogens with one attached hydrogen (secondary N) is 3. The van der Waals surface area contributed by atoms with E-state index in [0.29, 0.717) is 38.8 Å². The Morgan fingerprint density at radius 3 is 2.09 bits per heavy atom. The van der Waals surface area contributed by atoms with Crippen LogP contribution in [-0.2, 0) is 20.7 Å². The van der Waals surface area contributed by atoms with E-state index in [1.165, 1.54) is 22.3 Å². The first kappa shape index (κ1) is 33.4. The number of ether oxygens (including phenoxy) is 2. The Morgan fingerprint density at radius 1 is 0.800 bits per heavy atom. The van der Waals surface area contributed by atoms with Gasteiger partial charge in [0.1, 0.15) is 12.4 Å². The number of fused-ring (bicyclic) bond motifs is 3. The van der Waals surface area contributed by atoms with Gasteiger partial charge in [0, 0.05) is 24.5 Å². The molecule has 0 radical (unpaired) electrons. The van der Waals surface area contributed by atoms with Crippen LogP contribution in [0.15, 0.2) is 72.8 Å².